The van der Waals surface area contributed by atoms with E-state index < -0.39 is 0 Å². The zero-order valence-electron chi connectivity index (χ0n) is 12.1. The second-order valence-electron chi connectivity index (χ2n) is 4.44. The van der Waals surface area contributed by atoms with Crippen LogP contribution in [0.1, 0.15) is 31.7 Å². The maximum absolute atomic E-state index is 11.6. The highest BCUT2D eigenvalue weighted by Gasteiger charge is 2.09. The second-order valence-corrected chi connectivity index (χ2v) is 4.85. The number of benzene rings is 1. The summed E-state index contributed by atoms with van der Waals surface area (Å²) >= 11 is 5.02. The zero-order valence-corrected chi connectivity index (χ0v) is 12.9. The van der Waals surface area contributed by atoms with Gasteiger partial charge in [0.2, 0.25) is 5.91 Å². The summed E-state index contributed by atoms with van der Waals surface area (Å²) in [6.07, 6.45) is 0.897. The summed E-state index contributed by atoms with van der Waals surface area (Å²) in [6, 6.07) is 9.71. The average molecular weight is 308 g/mol. The van der Waals surface area contributed by atoms with Crippen molar-refractivity contribution in [3.63, 3.8) is 0 Å². The molecule has 1 amide bonds. The lowest BCUT2D eigenvalue weighted by molar-refractivity contribution is -0.144. The molecule has 0 aliphatic heterocycles. The van der Waals surface area contributed by atoms with E-state index in [1.807, 2.05) is 37.3 Å². The van der Waals surface area contributed by atoms with Crippen LogP contribution in [-0.4, -0.2) is 23.6 Å². The van der Waals surface area contributed by atoms with Crippen molar-refractivity contribution in [2.75, 3.05) is 6.61 Å². The van der Waals surface area contributed by atoms with E-state index in [2.05, 4.69) is 10.6 Å². The van der Waals surface area contributed by atoms with Gasteiger partial charge in [-0.15, -0.1) is 0 Å². The number of thiocarbonyl (C=S) groups is 1. The molecule has 0 fully saturated rings. The summed E-state index contributed by atoms with van der Waals surface area (Å²) in [7, 11) is 0. The lowest BCUT2D eigenvalue weighted by atomic mass is 10.2. The Labute approximate surface area is 130 Å². The molecule has 0 heterocycles. The fourth-order valence-electron chi connectivity index (χ4n) is 1.52. The molecule has 0 aromatic heterocycles. The van der Waals surface area contributed by atoms with Crippen LogP contribution in [-0.2, 0) is 20.9 Å². The molecule has 114 valence electrons. The van der Waals surface area contributed by atoms with E-state index in [0.29, 0.717) is 13.2 Å². The summed E-state index contributed by atoms with van der Waals surface area (Å²) in [6.45, 7) is 2.84. The third-order valence-electron chi connectivity index (χ3n) is 2.57. The smallest absolute Gasteiger partial charge is 0.306 e. The van der Waals surface area contributed by atoms with Crippen molar-refractivity contribution < 1.29 is 14.3 Å². The minimum Gasteiger partial charge on any atom is -0.466 e. The molecule has 0 radical (unpaired) electrons. The highest BCUT2D eigenvalue weighted by atomic mass is 32.1. The SMILES string of the molecule is CCCOC(=O)CCC(=O)NC(=S)NCc1ccccc1. The minimum absolute atomic E-state index is 0.0626. The van der Waals surface area contributed by atoms with Crippen LogP contribution in [0.25, 0.3) is 0 Å². The second kappa shape index (κ2) is 9.88. The monoisotopic (exact) mass is 308 g/mol. The van der Waals surface area contributed by atoms with Crippen molar-refractivity contribution in [2.45, 2.75) is 32.7 Å². The van der Waals surface area contributed by atoms with Crippen LogP contribution in [0.3, 0.4) is 0 Å². The van der Waals surface area contributed by atoms with Crippen LogP contribution < -0.4 is 10.6 Å². The number of rotatable bonds is 7. The number of amides is 1. The van der Waals surface area contributed by atoms with Gasteiger partial charge in [0.05, 0.1) is 13.0 Å². The summed E-state index contributed by atoms with van der Waals surface area (Å²) in [4.78, 5) is 22.8. The van der Waals surface area contributed by atoms with Gasteiger partial charge in [0.1, 0.15) is 0 Å². The molecule has 1 aromatic carbocycles. The molecular formula is C15H20N2O3S. The predicted molar refractivity (Wildman–Crippen MR) is 84.5 cm³/mol. The number of carbonyl (C=O) groups excluding carboxylic acids is 2. The van der Waals surface area contributed by atoms with Gasteiger partial charge in [-0.2, -0.15) is 0 Å². The molecule has 0 saturated heterocycles. The molecule has 0 aliphatic carbocycles. The molecule has 0 aliphatic rings. The number of ether oxygens (including phenoxy) is 1. The van der Waals surface area contributed by atoms with Gasteiger partial charge >= 0.3 is 5.97 Å². The van der Waals surface area contributed by atoms with Crippen LogP contribution in [0, 0.1) is 0 Å². The third kappa shape index (κ3) is 8.04. The van der Waals surface area contributed by atoms with Crippen molar-refractivity contribution >= 4 is 29.2 Å². The van der Waals surface area contributed by atoms with Crippen molar-refractivity contribution in [1.29, 1.82) is 0 Å². The van der Waals surface area contributed by atoms with E-state index in [9.17, 15) is 9.59 Å². The highest BCUT2D eigenvalue weighted by Crippen LogP contribution is 1.97. The molecule has 0 bridgehead atoms. The first-order chi connectivity index (χ1) is 10.1. The van der Waals surface area contributed by atoms with E-state index in [1.54, 1.807) is 0 Å². The Kier molecular flexibility index (Phi) is 8.04. The number of hydrogen-bond donors (Lipinski definition) is 2. The lowest BCUT2D eigenvalue weighted by Gasteiger charge is -2.09. The normalized spacial score (nSPS) is 9.76. The zero-order chi connectivity index (χ0) is 15.5. The largest absolute Gasteiger partial charge is 0.466 e. The first-order valence-electron chi connectivity index (χ1n) is 6.89. The van der Waals surface area contributed by atoms with Crippen molar-refractivity contribution in [2.24, 2.45) is 0 Å². The van der Waals surface area contributed by atoms with E-state index >= 15 is 0 Å². The maximum Gasteiger partial charge on any atom is 0.306 e. The Hall–Kier alpha value is -1.95. The minimum atomic E-state index is -0.366. The fourth-order valence-corrected chi connectivity index (χ4v) is 1.70. The molecule has 0 saturated carbocycles. The van der Waals surface area contributed by atoms with E-state index in [1.165, 1.54) is 0 Å². The Bertz CT molecular complexity index is 477. The first kappa shape index (κ1) is 17.1. The van der Waals surface area contributed by atoms with Gasteiger partial charge in [-0.05, 0) is 24.2 Å². The first-order valence-corrected chi connectivity index (χ1v) is 7.30. The molecule has 5 nitrogen and oxygen atoms in total. The topological polar surface area (TPSA) is 67.4 Å². The standard InChI is InChI=1S/C15H20N2O3S/c1-2-10-20-14(19)9-8-13(18)17-15(21)16-11-12-6-4-3-5-7-12/h3-7H,2,8-11H2,1H3,(H2,16,17,18,21). The molecule has 21 heavy (non-hydrogen) atoms. The highest BCUT2D eigenvalue weighted by molar-refractivity contribution is 7.80. The van der Waals surface area contributed by atoms with Gasteiger partial charge in [-0.25, -0.2) is 0 Å². The van der Waals surface area contributed by atoms with E-state index in [0.717, 1.165) is 12.0 Å². The molecule has 2 N–H and O–H groups in total. The Balaban J connectivity index is 2.19. The number of esters is 1. The lowest BCUT2D eigenvalue weighted by Crippen LogP contribution is -2.38. The van der Waals surface area contributed by atoms with Crippen LogP contribution >= 0.6 is 12.2 Å². The van der Waals surface area contributed by atoms with Gasteiger partial charge in [-0.1, -0.05) is 37.3 Å². The summed E-state index contributed by atoms with van der Waals surface area (Å²) in [5.74, 6) is -0.663. The molecule has 1 aromatic rings. The molecule has 0 spiro atoms. The maximum atomic E-state index is 11.6. The van der Waals surface area contributed by atoms with Crippen LogP contribution in [0.15, 0.2) is 30.3 Å². The Morgan fingerprint density at radius 1 is 1.19 bits per heavy atom. The molecule has 1 rings (SSSR count). The summed E-state index contributed by atoms with van der Waals surface area (Å²) in [5, 5.41) is 5.73. The molecule has 0 unspecified atom stereocenters. The molecule has 0 atom stereocenters. The Morgan fingerprint density at radius 3 is 2.57 bits per heavy atom. The average Bonchev–Trinajstić information content (AvgIpc) is 2.50. The molecule has 6 heteroatoms. The van der Waals surface area contributed by atoms with E-state index in [4.69, 9.17) is 17.0 Å². The van der Waals surface area contributed by atoms with Crippen molar-refractivity contribution in [1.82, 2.24) is 10.6 Å². The number of carbonyl (C=O) groups is 2. The summed E-state index contributed by atoms with van der Waals surface area (Å²) in [5.41, 5.74) is 1.07. The van der Waals surface area contributed by atoms with Gasteiger partial charge in [0.25, 0.3) is 0 Å². The van der Waals surface area contributed by atoms with Crippen molar-refractivity contribution in [3.8, 4) is 0 Å². The number of hydrogen-bond acceptors (Lipinski definition) is 4. The van der Waals surface area contributed by atoms with Crippen LogP contribution in [0.5, 0.6) is 0 Å². The third-order valence-corrected chi connectivity index (χ3v) is 2.82. The predicted octanol–water partition coefficient (Wildman–Crippen LogP) is 1.91. The van der Waals surface area contributed by atoms with Gasteiger partial charge < -0.3 is 15.4 Å². The fraction of sp³-hybridized carbons (Fsp3) is 0.400. The van der Waals surface area contributed by atoms with Gasteiger partial charge in [-0.3, -0.25) is 9.59 Å². The summed E-state index contributed by atoms with van der Waals surface area (Å²) < 4.78 is 4.88. The van der Waals surface area contributed by atoms with Gasteiger partial charge in [0.15, 0.2) is 5.11 Å². The van der Waals surface area contributed by atoms with Gasteiger partial charge in [0, 0.05) is 13.0 Å². The Morgan fingerprint density at radius 2 is 1.90 bits per heavy atom. The quantitative estimate of drug-likeness (QED) is 0.595. The number of nitrogens with one attached hydrogen (secondary N) is 2. The molecular weight excluding hydrogens is 288 g/mol. The van der Waals surface area contributed by atoms with E-state index in [-0.39, 0.29) is 29.8 Å². The van der Waals surface area contributed by atoms with Crippen LogP contribution in [0.2, 0.25) is 0 Å². The van der Waals surface area contributed by atoms with Crippen molar-refractivity contribution in [3.05, 3.63) is 35.9 Å². The van der Waals surface area contributed by atoms with Crippen LogP contribution in [0.4, 0.5) is 0 Å².